The normalized spacial score (nSPS) is 12.7. The molecule has 3 heteroatoms. The number of rotatable bonds is 3. The van der Waals surface area contributed by atoms with E-state index in [1.165, 1.54) is 18.2 Å². The zero-order chi connectivity index (χ0) is 13.0. The van der Waals surface area contributed by atoms with Gasteiger partial charge in [0, 0.05) is 11.6 Å². The molecule has 0 amide bonds. The van der Waals surface area contributed by atoms with E-state index in [1.807, 2.05) is 30.3 Å². The van der Waals surface area contributed by atoms with Gasteiger partial charge in [-0.15, -0.1) is 0 Å². The van der Waals surface area contributed by atoms with Gasteiger partial charge in [-0.3, -0.25) is 0 Å². The monoisotopic (exact) mass is 242 g/mol. The van der Waals surface area contributed by atoms with Crippen molar-refractivity contribution in [2.45, 2.75) is 6.10 Å². The molecule has 2 rings (SSSR count). The molecule has 0 spiro atoms. The van der Waals surface area contributed by atoms with Gasteiger partial charge in [0.25, 0.3) is 0 Å². The van der Waals surface area contributed by atoms with Gasteiger partial charge in [-0.2, -0.15) is 0 Å². The molecule has 0 fully saturated rings. The Morgan fingerprint density at radius 2 is 1.67 bits per heavy atom. The number of phenolic OH excluding ortho intramolecular Hbond substituents is 2. The topological polar surface area (TPSA) is 60.7 Å². The van der Waals surface area contributed by atoms with Crippen LogP contribution in [0.5, 0.6) is 11.5 Å². The van der Waals surface area contributed by atoms with Gasteiger partial charge in [0.1, 0.15) is 17.6 Å². The Labute approximate surface area is 105 Å². The first-order valence-electron chi connectivity index (χ1n) is 5.60. The summed E-state index contributed by atoms with van der Waals surface area (Å²) in [6.45, 7) is 0. The lowest BCUT2D eigenvalue weighted by Crippen LogP contribution is -1.93. The van der Waals surface area contributed by atoms with Gasteiger partial charge in [-0.1, -0.05) is 42.5 Å². The minimum Gasteiger partial charge on any atom is -0.508 e. The van der Waals surface area contributed by atoms with Crippen molar-refractivity contribution in [1.29, 1.82) is 0 Å². The van der Waals surface area contributed by atoms with Crippen LogP contribution in [0.2, 0.25) is 0 Å². The van der Waals surface area contributed by atoms with Gasteiger partial charge in [0.2, 0.25) is 0 Å². The van der Waals surface area contributed by atoms with Crippen molar-refractivity contribution >= 4 is 6.08 Å². The maximum absolute atomic E-state index is 9.93. The van der Waals surface area contributed by atoms with Crippen LogP contribution in [0, 0.1) is 0 Å². The van der Waals surface area contributed by atoms with Crippen LogP contribution in [0.1, 0.15) is 17.2 Å². The zero-order valence-corrected chi connectivity index (χ0v) is 9.69. The molecule has 0 radical (unpaired) electrons. The number of benzene rings is 2. The maximum Gasteiger partial charge on any atom is 0.125 e. The van der Waals surface area contributed by atoms with E-state index in [4.69, 9.17) is 5.11 Å². The molecule has 2 aromatic carbocycles. The van der Waals surface area contributed by atoms with Crippen LogP contribution in [0.25, 0.3) is 6.08 Å². The van der Waals surface area contributed by atoms with Crippen molar-refractivity contribution in [3.05, 3.63) is 65.7 Å². The van der Waals surface area contributed by atoms with Gasteiger partial charge in [-0.25, -0.2) is 0 Å². The first-order valence-corrected chi connectivity index (χ1v) is 5.60. The quantitative estimate of drug-likeness (QED) is 0.775. The first kappa shape index (κ1) is 12.2. The highest BCUT2D eigenvalue weighted by Gasteiger charge is 2.09. The Bertz CT molecular complexity index is 547. The van der Waals surface area contributed by atoms with Crippen molar-refractivity contribution in [2.75, 3.05) is 0 Å². The molecule has 18 heavy (non-hydrogen) atoms. The van der Waals surface area contributed by atoms with Crippen LogP contribution in [-0.2, 0) is 0 Å². The van der Waals surface area contributed by atoms with Crippen LogP contribution < -0.4 is 0 Å². The standard InChI is InChI=1S/C15H14O3/c16-12-7-8-13(15(18)10-12)14(17)9-6-11-4-2-1-3-5-11/h1-10,14,16-18H/b9-6+. The van der Waals surface area contributed by atoms with Gasteiger partial charge in [-0.05, 0) is 17.7 Å². The van der Waals surface area contributed by atoms with Gasteiger partial charge in [0.05, 0.1) is 0 Å². The molecule has 3 nitrogen and oxygen atoms in total. The summed E-state index contributed by atoms with van der Waals surface area (Å²) < 4.78 is 0. The van der Waals surface area contributed by atoms with Crippen LogP contribution in [0.4, 0.5) is 0 Å². The number of aliphatic hydroxyl groups excluding tert-OH is 1. The smallest absolute Gasteiger partial charge is 0.125 e. The second kappa shape index (κ2) is 5.38. The molecule has 92 valence electrons. The molecular weight excluding hydrogens is 228 g/mol. The number of phenols is 2. The fraction of sp³-hybridized carbons (Fsp3) is 0.0667. The van der Waals surface area contributed by atoms with Crippen LogP contribution >= 0.6 is 0 Å². The van der Waals surface area contributed by atoms with E-state index in [0.29, 0.717) is 5.56 Å². The van der Waals surface area contributed by atoms with E-state index in [9.17, 15) is 10.2 Å². The molecule has 0 aliphatic rings. The van der Waals surface area contributed by atoms with Crippen molar-refractivity contribution in [1.82, 2.24) is 0 Å². The third-order valence-electron chi connectivity index (χ3n) is 2.60. The maximum atomic E-state index is 9.93. The van der Waals surface area contributed by atoms with Crippen molar-refractivity contribution in [3.63, 3.8) is 0 Å². The lowest BCUT2D eigenvalue weighted by atomic mass is 10.1. The van der Waals surface area contributed by atoms with Crippen molar-refractivity contribution in [2.24, 2.45) is 0 Å². The molecule has 0 aliphatic heterocycles. The largest absolute Gasteiger partial charge is 0.508 e. The average Bonchev–Trinajstić information content (AvgIpc) is 2.37. The molecule has 2 aromatic rings. The van der Waals surface area contributed by atoms with Crippen LogP contribution in [-0.4, -0.2) is 15.3 Å². The number of aromatic hydroxyl groups is 2. The van der Waals surface area contributed by atoms with E-state index in [-0.39, 0.29) is 11.5 Å². The molecule has 1 atom stereocenters. The second-order valence-electron chi connectivity index (χ2n) is 3.96. The summed E-state index contributed by atoms with van der Waals surface area (Å²) in [5.74, 6) is -0.157. The van der Waals surface area contributed by atoms with Gasteiger partial charge < -0.3 is 15.3 Å². The van der Waals surface area contributed by atoms with E-state index in [1.54, 1.807) is 12.2 Å². The zero-order valence-electron chi connectivity index (χ0n) is 9.69. The SMILES string of the molecule is Oc1ccc(C(O)/C=C/c2ccccc2)c(O)c1. The Morgan fingerprint density at radius 1 is 0.944 bits per heavy atom. The molecule has 0 heterocycles. The summed E-state index contributed by atoms with van der Waals surface area (Å²) in [6.07, 6.45) is 2.45. The van der Waals surface area contributed by atoms with Crippen LogP contribution in [0.3, 0.4) is 0 Å². The summed E-state index contributed by atoms with van der Waals surface area (Å²) in [6, 6.07) is 13.7. The molecule has 0 saturated heterocycles. The van der Waals surface area contributed by atoms with Gasteiger partial charge in [0.15, 0.2) is 0 Å². The average molecular weight is 242 g/mol. The third-order valence-corrected chi connectivity index (χ3v) is 2.60. The number of aliphatic hydroxyl groups is 1. The second-order valence-corrected chi connectivity index (χ2v) is 3.96. The molecule has 0 aromatic heterocycles. The number of hydrogen-bond acceptors (Lipinski definition) is 3. The fourth-order valence-electron chi connectivity index (χ4n) is 1.65. The van der Waals surface area contributed by atoms with E-state index in [0.717, 1.165) is 5.56 Å². The predicted molar refractivity (Wildman–Crippen MR) is 70.2 cm³/mol. The molecule has 3 N–H and O–H groups in total. The van der Waals surface area contributed by atoms with E-state index in [2.05, 4.69) is 0 Å². The third kappa shape index (κ3) is 2.90. The van der Waals surface area contributed by atoms with E-state index >= 15 is 0 Å². The first-order chi connectivity index (χ1) is 8.66. The molecule has 1 unspecified atom stereocenters. The van der Waals surface area contributed by atoms with Crippen LogP contribution in [0.15, 0.2) is 54.6 Å². The van der Waals surface area contributed by atoms with Crippen molar-refractivity contribution in [3.8, 4) is 11.5 Å². The summed E-state index contributed by atoms with van der Waals surface area (Å²) >= 11 is 0. The fourth-order valence-corrected chi connectivity index (χ4v) is 1.65. The minimum absolute atomic E-state index is 0.0320. The highest BCUT2D eigenvalue weighted by atomic mass is 16.3. The Hall–Kier alpha value is -2.26. The Morgan fingerprint density at radius 3 is 2.33 bits per heavy atom. The molecule has 0 bridgehead atoms. The molecular formula is C15H14O3. The van der Waals surface area contributed by atoms with Crippen molar-refractivity contribution < 1.29 is 15.3 Å². The Kier molecular flexibility index (Phi) is 3.65. The van der Waals surface area contributed by atoms with E-state index < -0.39 is 6.10 Å². The highest BCUT2D eigenvalue weighted by Crippen LogP contribution is 2.28. The Balaban J connectivity index is 2.17. The molecule has 0 saturated carbocycles. The summed E-state index contributed by atoms with van der Waals surface area (Å²) in [5, 5.41) is 28.7. The predicted octanol–water partition coefficient (Wildman–Crippen LogP) is 2.84. The minimum atomic E-state index is -0.911. The lowest BCUT2D eigenvalue weighted by Gasteiger charge is -2.08. The summed E-state index contributed by atoms with van der Waals surface area (Å²) in [5.41, 5.74) is 1.33. The van der Waals surface area contributed by atoms with Gasteiger partial charge >= 0.3 is 0 Å². The highest BCUT2D eigenvalue weighted by molar-refractivity contribution is 5.51. The number of hydrogen-bond donors (Lipinski definition) is 3. The molecule has 0 aliphatic carbocycles. The summed E-state index contributed by atoms with van der Waals surface area (Å²) in [4.78, 5) is 0. The lowest BCUT2D eigenvalue weighted by molar-refractivity contribution is 0.224. The summed E-state index contributed by atoms with van der Waals surface area (Å²) in [7, 11) is 0.